The number of carbonyl (C=O) groups is 1. The number of rotatable bonds is 3. The number of amides is 1. The van der Waals surface area contributed by atoms with Crippen molar-refractivity contribution >= 4 is 23.1 Å². The van der Waals surface area contributed by atoms with Gasteiger partial charge in [-0.2, -0.15) is 0 Å². The number of primary amides is 1. The number of nitrogens with two attached hydrogens (primary N) is 2. The maximum Gasteiger partial charge on any atom is 0.267 e. The van der Waals surface area contributed by atoms with Crippen LogP contribution in [-0.2, 0) is 0 Å². The van der Waals surface area contributed by atoms with Crippen molar-refractivity contribution in [2.45, 2.75) is 6.92 Å². The normalized spacial score (nSPS) is 10.2. The Morgan fingerprint density at radius 2 is 2.05 bits per heavy atom. The summed E-state index contributed by atoms with van der Waals surface area (Å²) in [4.78, 5) is 15.1. The first-order valence-electron chi connectivity index (χ1n) is 5.57. The van der Waals surface area contributed by atoms with Crippen LogP contribution in [0.1, 0.15) is 16.1 Å². The van der Waals surface area contributed by atoms with Crippen LogP contribution in [-0.4, -0.2) is 10.9 Å². The molecule has 1 aromatic heterocycles. The summed E-state index contributed by atoms with van der Waals surface area (Å²) in [5.41, 5.74) is 12.8. The van der Waals surface area contributed by atoms with Crippen LogP contribution in [0, 0.1) is 12.7 Å². The second kappa shape index (κ2) is 4.93. The number of carbonyl (C=O) groups excluding carboxylic acids is 1. The Morgan fingerprint density at radius 1 is 1.32 bits per heavy atom. The Bertz CT molecular complexity index is 643. The highest BCUT2D eigenvalue weighted by Crippen LogP contribution is 2.24. The van der Waals surface area contributed by atoms with Crippen LogP contribution in [0.15, 0.2) is 30.3 Å². The number of aromatic nitrogens is 1. The number of pyridine rings is 1. The standard InChI is InChI=1S/C13H13FN4O/c1-7-6-8(14)2-4-10(7)17-13-9(15)3-5-11(18-13)12(16)19/h2-6H,15H2,1H3,(H2,16,19)(H,17,18). The van der Waals surface area contributed by atoms with Gasteiger partial charge in [0.2, 0.25) is 0 Å². The first kappa shape index (κ1) is 12.8. The summed E-state index contributed by atoms with van der Waals surface area (Å²) < 4.78 is 13.0. The molecule has 1 amide bonds. The quantitative estimate of drug-likeness (QED) is 0.786. The Balaban J connectivity index is 2.37. The fraction of sp³-hybridized carbons (Fsp3) is 0.0769. The minimum atomic E-state index is -0.640. The molecule has 0 saturated carbocycles. The first-order valence-corrected chi connectivity index (χ1v) is 5.57. The summed E-state index contributed by atoms with van der Waals surface area (Å²) in [6.45, 7) is 1.75. The first-order chi connectivity index (χ1) is 8.97. The van der Waals surface area contributed by atoms with E-state index in [4.69, 9.17) is 11.5 Å². The zero-order valence-electron chi connectivity index (χ0n) is 10.3. The predicted octanol–water partition coefficient (Wildman–Crippen LogP) is 1.95. The van der Waals surface area contributed by atoms with E-state index in [0.717, 1.165) is 0 Å². The molecule has 0 aliphatic heterocycles. The van der Waals surface area contributed by atoms with Crippen LogP contribution in [0.5, 0.6) is 0 Å². The van der Waals surface area contributed by atoms with E-state index in [1.807, 2.05) is 0 Å². The third kappa shape index (κ3) is 2.79. The zero-order valence-corrected chi connectivity index (χ0v) is 10.3. The molecular formula is C13H13FN4O. The molecule has 0 bridgehead atoms. The molecule has 0 saturated heterocycles. The van der Waals surface area contributed by atoms with Gasteiger partial charge in [0.05, 0.1) is 5.69 Å². The summed E-state index contributed by atoms with van der Waals surface area (Å²) in [5.74, 6) is -0.653. The molecule has 0 unspecified atom stereocenters. The monoisotopic (exact) mass is 260 g/mol. The number of aryl methyl sites for hydroxylation is 1. The third-order valence-corrected chi connectivity index (χ3v) is 2.62. The summed E-state index contributed by atoms with van der Waals surface area (Å²) >= 11 is 0. The number of nitrogens with zero attached hydrogens (tertiary/aromatic N) is 1. The molecule has 2 aromatic rings. The highest BCUT2D eigenvalue weighted by Gasteiger charge is 2.08. The van der Waals surface area contributed by atoms with Crippen molar-refractivity contribution < 1.29 is 9.18 Å². The number of anilines is 3. The van der Waals surface area contributed by atoms with Crippen molar-refractivity contribution in [3.8, 4) is 0 Å². The molecule has 1 heterocycles. The Labute approximate surface area is 109 Å². The van der Waals surface area contributed by atoms with Gasteiger partial charge < -0.3 is 16.8 Å². The lowest BCUT2D eigenvalue weighted by molar-refractivity contribution is 0.0996. The number of benzene rings is 1. The van der Waals surface area contributed by atoms with E-state index >= 15 is 0 Å². The summed E-state index contributed by atoms with van der Waals surface area (Å²) in [6.07, 6.45) is 0. The summed E-state index contributed by atoms with van der Waals surface area (Å²) in [6, 6.07) is 7.26. The van der Waals surface area contributed by atoms with Gasteiger partial charge in [-0.15, -0.1) is 0 Å². The second-order valence-electron chi connectivity index (χ2n) is 4.08. The van der Waals surface area contributed by atoms with Crippen LogP contribution in [0.25, 0.3) is 0 Å². The van der Waals surface area contributed by atoms with E-state index < -0.39 is 5.91 Å². The number of nitrogen functional groups attached to an aromatic ring is 1. The van der Waals surface area contributed by atoms with E-state index in [1.54, 1.807) is 13.0 Å². The van der Waals surface area contributed by atoms with Gasteiger partial charge in [0.15, 0.2) is 5.82 Å². The zero-order chi connectivity index (χ0) is 14.0. The van der Waals surface area contributed by atoms with E-state index in [-0.39, 0.29) is 11.5 Å². The summed E-state index contributed by atoms with van der Waals surface area (Å²) in [5, 5.41) is 2.95. The molecule has 5 N–H and O–H groups in total. The van der Waals surface area contributed by atoms with Crippen molar-refractivity contribution in [3.05, 3.63) is 47.4 Å². The highest BCUT2D eigenvalue weighted by atomic mass is 19.1. The fourth-order valence-electron chi connectivity index (χ4n) is 1.60. The Kier molecular flexibility index (Phi) is 3.33. The average Bonchev–Trinajstić information content (AvgIpc) is 2.34. The molecular weight excluding hydrogens is 247 g/mol. The minimum Gasteiger partial charge on any atom is -0.396 e. The van der Waals surface area contributed by atoms with E-state index in [0.29, 0.717) is 22.8 Å². The molecule has 5 nitrogen and oxygen atoms in total. The second-order valence-corrected chi connectivity index (χ2v) is 4.08. The van der Waals surface area contributed by atoms with Crippen molar-refractivity contribution in [1.82, 2.24) is 4.98 Å². The molecule has 6 heteroatoms. The van der Waals surface area contributed by atoms with Crippen LogP contribution in [0.3, 0.4) is 0 Å². The average molecular weight is 260 g/mol. The van der Waals surface area contributed by atoms with E-state index in [9.17, 15) is 9.18 Å². The molecule has 0 aliphatic rings. The summed E-state index contributed by atoms with van der Waals surface area (Å²) in [7, 11) is 0. The van der Waals surface area contributed by atoms with Crippen molar-refractivity contribution in [2.75, 3.05) is 11.1 Å². The van der Waals surface area contributed by atoms with Crippen LogP contribution < -0.4 is 16.8 Å². The molecule has 98 valence electrons. The molecule has 0 fully saturated rings. The number of halogens is 1. The molecule has 0 atom stereocenters. The van der Waals surface area contributed by atoms with Gasteiger partial charge >= 0.3 is 0 Å². The Hall–Kier alpha value is -2.63. The van der Waals surface area contributed by atoms with Crippen LogP contribution in [0.2, 0.25) is 0 Å². The highest BCUT2D eigenvalue weighted by molar-refractivity contribution is 5.92. The van der Waals surface area contributed by atoms with E-state index in [2.05, 4.69) is 10.3 Å². The third-order valence-electron chi connectivity index (χ3n) is 2.62. The Morgan fingerprint density at radius 3 is 2.68 bits per heavy atom. The minimum absolute atomic E-state index is 0.108. The van der Waals surface area contributed by atoms with Crippen LogP contribution >= 0.6 is 0 Å². The van der Waals surface area contributed by atoms with Crippen molar-refractivity contribution in [1.29, 1.82) is 0 Å². The lowest BCUT2D eigenvalue weighted by Gasteiger charge is -2.11. The fourth-order valence-corrected chi connectivity index (χ4v) is 1.60. The lowest BCUT2D eigenvalue weighted by atomic mass is 10.2. The van der Waals surface area contributed by atoms with Gasteiger partial charge in [-0.05, 0) is 42.8 Å². The van der Waals surface area contributed by atoms with Gasteiger partial charge in [-0.25, -0.2) is 9.37 Å². The maximum atomic E-state index is 13.0. The topological polar surface area (TPSA) is 94.0 Å². The van der Waals surface area contributed by atoms with Gasteiger partial charge in [-0.3, -0.25) is 4.79 Å². The van der Waals surface area contributed by atoms with Gasteiger partial charge in [0.1, 0.15) is 11.5 Å². The van der Waals surface area contributed by atoms with Gasteiger partial charge in [-0.1, -0.05) is 0 Å². The number of nitrogens with one attached hydrogen (secondary N) is 1. The smallest absolute Gasteiger partial charge is 0.267 e. The van der Waals surface area contributed by atoms with Gasteiger partial charge in [0.25, 0.3) is 5.91 Å². The number of hydrogen-bond donors (Lipinski definition) is 3. The molecule has 0 aliphatic carbocycles. The predicted molar refractivity (Wildman–Crippen MR) is 71.6 cm³/mol. The van der Waals surface area contributed by atoms with Crippen LogP contribution in [0.4, 0.5) is 21.6 Å². The largest absolute Gasteiger partial charge is 0.396 e. The molecule has 0 radical (unpaired) electrons. The van der Waals surface area contributed by atoms with E-state index in [1.165, 1.54) is 24.3 Å². The van der Waals surface area contributed by atoms with Gasteiger partial charge in [0, 0.05) is 5.69 Å². The number of hydrogen-bond acceptors (Lipinski definition) is 4. The molecule has 2 rings (SSSR count). The maximum absolute atomic E-state index is 13.0. The molecule has 19 heavy (non-hydrogen) atoms. The molecule has 1 aromatic carbocycles. The lowest BCUT2D eigenvalue weighted by Crippen LogP contribution is -2.14. The SMILES string of the molecule is Cc1cc(F)ccc1Nc1nc(C(N)=O)ccc1N. The van der Waals surface area contributed by atoms with Crippen molar-refractivity contribution in [2.24, 2.45) is 5.73 Å². The van der Waals surface area contributed by atoms with Crippen molar-refractivity contribution in [3.63, 3.8) is 0 Å². The molecule has 0 spiro atoms.